The lowest BCUT2D eigenvalue weighted by molar-refractivity contribution is 0.464. The van der Waals surface area contributed by atoms with Crippen molar-refractivity contribution >= 4 is 27.6 Å². The van der Waals surface area contributed by atoms with Gasteiger partial charge in [0.15, 0.2) is 5.43 Å². The van der Waals surface area contributed by atoms with Gasteiger partial charge >= 0.3 is 0 Å². The van der Waals surface area contributed by atoms with Crippen LogP contribution in [0, 0.1) is 5.92 Å². The zero-order chi connectivity index (χ0) is 23.3. The van der Waals surface area contributed by atoms with E-state index in [-0.39, 0.29) is 11.5 Å². The van der Waals surface area contributed by atoms with E-state index in [0.717, 1.165) is 36.4 Å². The monoisotopic (exact) mass is 450 g/mol. The molecule has 5 nitrogen and oxygen atoms in total. The Morgan fingerprint density at radius 2 is 1.53 bits per heavy atom. The normalized spacial score (nSPS) is 13.2. The van der Waals surface area contributed by atoms with Gasteiger partial charge in [-0.3, -0.25) is 4.79 Å². The van der Waals surface area contributed by atoms with Crippen LogP contribution in [0.5, 0.6) is 0 Å². The topological polar surface area (TPSA) is 72.7 Å². The standard InChI is InChI=1S/C29H30N4O/c1-20(18-32-29-16-28(34)23-12-6-8-14-26(23)33-29)17-30-27(15-21-9-3-2-4-10-21)24-19-31-25-13-7-5-11-22(24)25/h2-14,16,19-20,27,30-31H,15,17-18H2,1H3,(H2,32,33,34). The number of H-pyrrole nitrogens is 2. The molecule has 0 amide bonds. The number of hydrogen-bond acceptors (Lipinski definition) is 3. The highest BCUT2D eigenvalue weighted by atomic mass is 16.1. The van der Waals surface area contributed by atoms with Crippen molar-refractivity contribution in [2.75, 3.05) is 18.4 Å². The maximum atomic E-state index is 12.4. The molecule has 0 aliphatic heterocycles. The maximum Gasteiger partial charge on any atom is 0.191 e. The fraction of sp³-hybridized carbons (Fsp3) is 0.207. The van der Waals surface area contributed by atoms with E-state index in [0.29, 0.717) is 11.3 Å². The van der Waals surface area contributed by atoms with Gasteiger partial charge in [0.25, 0.3) is 0 Å². The minimum Gasteiger partial charge on any atom is -0.371 e. The molecule has 0 aliphatic rings. The van der Waals surface area contributed by atoms with Crippen molar-refractivity contribution in [3.05, 3.63) is 112 Å². The van der Waals surface area contributed by atoms with Gasteiger partial charge in [0.1, 0.15) is 5.82 Å². The third kappa shape index (κ3) is 4.90. The van der Waals surface area contributed by atoms with E-state index in [1.807, 2.05) is 24.3 Å². The fourth-order valence-corrected chi connectivity index (χ4v) is 4.52. The summed E-state index contributed by atoms with van der Waals surface area (Å²) in [6.45, 7) is 3.82. The van der Waals surface area contributed by atoms with Gasteiger partial charge in [0.05, 0.1) is 5.52 Å². The van der Waals surface area contributed by atoms with Crippen molar-refractivity contribution < 1.29 is 0 Å². The second-order valence-electron chi connectivity index (χ2n) is 9.02. The van der Waals surface area contributed by atoms with E-state index in [2.05, 4.69) is 88.3 Å². The average molecular weight is 451 g/mol. The van der Waals surface area contributed by atoms with Gasteiger partial charge in [-0.15, -0.1) is 0 Å². The van der Waals surface area contributed by atoms with Crippen LogP contribution in [0.4, 0.5) is 5.82 Å². The van der Waals surface area contributed by atoms with Gasteiger partial charge in [0, 0.05) is 41.1 Å². The number of fused-ring (bicyclic) bond motifs is 2. The highest BCUT2D eigenvalue weighted by Crippen LogP contribution is 2.27. The smallest absolute Gasteiger partial charge is 0.191 e. The lowest BCUT2D eigenvalue weighted by Crippen LogP contribution is -2.30. The van der Waals surface area contributed by atoms with Gasteiger partial charge < -0.3 is 20.6 Å². The first kappa shape index (κ1) is 22.0. The molecule has 0 fully saturated rings. The Hall–Kier alpha value is -3.83. The summed E-state index contributed by atoms with van der Waals surface area (Å²) in [5, 5.41) is 9.19. The molecule has 3 aromatic carbocycles. The number of pyridine rings is 1. The predicted octanol–water partition coefficient (Wildman–Crippen LogP) is 5.63. The molecule has 2 unspecified atom stereocenters. The fourth-order valence-electron chi connectivity index (χ4n) is 4.52. The molecule has 0 saturated carbocycles. The number of hydrogen-bond donors (Lipinski definition) is 4. The second-order valence-corrected chi connectivity index (χ2v) is 9.02. The number of aromatic amines is 2. The SMILES string of the molecule is CC(CNc1cc(=O)c2ccccc2[nH]1)CNC(Cc1ccccc1)c1c[nH]c2ccccc12. The first-order valence-corrected chi connectivity index (χ1v) is 11.9. The van der Waals surface area contributed by atoms with Crippen LogP contribution in [0.25, 0.3) is 21.8 Å². The molecule has 4 N–H and O–H groups in total. The lowest BCUT2D eigenvalue weighted by atomic mass is 9.97. The zero-order valence-electron chi connectivity index (χ0n) is 19.3. The van der Waals surface area contributed by atoms with Gasteiger partial charge in [-0.2, -0.15) is 0 Å². The van der Waals surface area contributed by atoms with Crippen molar-refractivity contribution in [3.63, 3.8) is 0 Å². The number of aromatic nitrogens is 2. The van der Waals surface area contributed by atoms with E-state index in [1.165, 1.54) is 16.5 Å². The van der Waals surface area contributed by atoms with E-state index in [4.69, 9.17) is 0 Å². The molecule has 5 rings (SSSR count). The first-order chi connectivity index (χ1) is 16.7. The summed E-state index contributed by atoms with van der Waals surface area (Å²) >= 11 is 0. The van der Waals surface area contributed by atoms with Crippen LogP contribution >= 0.6 is 0 Å². The predicted molar refractivity (Wildman–Crippen MR) is 141 cm³/mol. The molecule has 0 saturated heterocycles. The Labute approximate surface area is 199 Å². The minimum absolute atomic E-state index is 0.0323. The molecule has 0 spiro atoms. The van der Waals surface area contributed by atoms with Gasteiger partial charge in [-0.25, -0.2) is 0 Å². The molecular weight excluding hydrogens is 420 g/mol. The molecule has 34 heavy (non-hydrogen) atoms. The van der Waals surface area contributed by atoms with Crippen LogP contribution in [0.3, 0.4) is 0 Å². The molecule has 0 aliphatic carbocycles. The maximum absolute atomic E-state index is 12.4. The second kappa shape index (κ2) is 9.98. The molecule has 2 aromatic heterocycles. The quantitative estimate of drug-likeness (QED) is 0.235. The highest BCUT2D eigenvalue weighted by Gasteiger charge is 2.17. The van der Waals surface area contributed by atoms with Gasteiger partial charge in [-0.1, -0.05) is 67.6 Å². The molecule has 2 atom stereocenters. The Morgan fingerprint density at radius 3 is 2.35 bits per heavy atom. The van der Waals surface area contributed by atoms with Gasteiger partial charge in [-0.05, 0) is 48.2 Å². The average Bonchev–Trinajstić information content (AvgIpc) is 3.30. The minimum atomic E-state index is 0.0323. The highest BCUT2D eigenvalue weighted by molar-refractivity contribution is 5.83. The van der Waals surface area contributed by atoms with Gasteiger partial charge in [0.2, 0.25) is 0 Å². The largest absolute Gasteiger partial charge is 0.371 e. The summed E-state index contributed by atoms with van der Waals surface area (Å²) in [5.41, 5.74) is 4.64. The Bertz CT molecular complexity index is 1440. The lowest BCUT2D eigenvalue weighted by Gasteiger charge is -2.22. The van der Waals surface area contributed by atoms with E-state index in [9.17, 15) is 4.79 Å². The molecule has 0 radical (unpaired) electrons. The summed E-state index contributed by atoms with van der Waals surface area (Å²) < 4.78 is 0. The van der Waals surface area contributed by atoms with Crippen molar-refractivity contribution in [1.29, 1.82) is 0 Å². The molecule has 5 aromatic rings. The molecule has 5 heteroatoms. The number of para-hydroxylation sites is 2. The van der Waals surface area contributed by atoms with Crippen molar-refractivity contribution in [2.45, 2.75) is 19.4 Å². The summed E-state index contributed by atoms with van der Waals surface area (Å²) in [4.78, 5) is 19.1. The van der Waals surface area contributed by atoms with Crippen LogP contribution in [0.15, 0.2) is 95.9 Å². The Morgan fingerprint density at radius 1 is 0.824 bits per heavy atom. The van der Waals surface area contributed by atoms with Crippen LogP contribution in [-0.4, -0.2) is 23.1 Å². The summed E-state index contributed by atoms with van der Waals surface area (Å²) in [6.07, 6.45) is 3.05. The zero-order valence-corrected chi connectivity index (χ0v) is 19.3. The van der Waals surface area contributed by atoms with Crippen molar-refractivity contribution in [2.24, 2.45) is 5.92 Å². The molecule has 172 valence electrons. The van der Waals surface area contributed by atoms with Crippen LogP contribution in [0.1, 0.15) is 24.1 Å². The van der Waals surface area contributed by atoms with Crippen LogP contribution < -0.4 is 16.1 Å². The Balaban J connectivity index is 1.27. The van der Waals surface area contributed by atoms with Crippen molar-refractivity contribution in [3.8, 4) is 0 Å². The number of nitrogens with one attached hydrogen (secondary N) is 4. The van der Waals surface area contributed by atoms with Crippen LogP contribution in [0.2, 0.25) is 0 Å². The first-order valence-electron chi connectivity index (χ1n) is 11.9. The van der Waals surface area contributed by atoms with Crippen LogP contribution in [-0.2, 0) is 6.42 Å². The third-order valence-corrected chi connectivity index (χ3v) is 6.37. The summed E-state index contributed by atoms with van der Waals surface area (Å²) in [5.74, 6) is 1.12. The molecular formula is C29H30N4O. The van der Waals surface area contributed by atoms with Crippen molar-refractivity contribution in [1.82, 2.24) is 15.3 Å². The van der Waals surface area contributed by atoms with E-state index < -0.39 is 0 Å². The third-order valence-electron chi connectivity index (χ3n) is 6.37. The van der Waals surface area contributed by atoms with E-state index in [1.54, 1.807) is 6.07 Å². The number of benzene rings is 3. The van der Waals surface area contributed by atoms with E-state index >= 15 is 0 Å². The molecule has 0 bridgehead atoms. The number of anilines is 1. The number of rotatable bonds is 9. The Kier molecular flexibility index (Phi) is 6.45. The summed E-state index contributed by atoms with van der Waals surface area (Å²) in [6, 6.07) is 28.5. The molecule has 2 heterocycles. The summed E-state index contributed by atoms with van der Waals surface area (Å²) in [7, 11) is 0.